The maximum atomic E-state index is 12.9. The zero-order valence-electron chi connectivity index (χ0n) is 18.0. The fraction of sp³-hybridized carbons (Fsp3) is 0.304. The summed E-state index contributed by atoms with van der Waals surface area (Å²) in [5, 5.41) is 18.7. The predicted octanol–water partition coefficient (Wildman–Crippen LogP) is 4.48. The Morgan fingerprint density at radius 2 is 1.88 bits per heavy atom. The minimum atomic E-state index is -0.720. The quantitative estimate of drug-likeness (QED) is 0.283. The van der Waals surface area contributed by atoms with E-state index in [-0.39, 0.29) is 18.2 Å². The number of amides is 2. The van der Waals surface area contributed by atoms with Crippen LogP contribution in [0.2, 0.25) is 0 Å². The molecule has 0 radical (unpaired) electrons. The molecule has 1 heterocycles. The lowest BCUT2D eigenvalue weighted by atomic mass is 10.1. The molecule has 2 aromatic carbocycles. The highest BCUT2D eigenvalue weighted by Crippen LogP contribution is 2.23. The number of hydrogen-bond donors (Lipinski definition) is 2. The van der Waals surface area contributed by atoms with Gasteiger partial charge in [-0.05, 0) is 36.3 Å². The van der Waals surface area contributed by atoms with Crippen LogP contribution in [0.15, 0.2) is 66.2 Å². The Bertz CT molecular complexity index is 986. The monoisotopic (exact) mass is 470 g/mol. The van der Waals surface area contributed by atoms with Crippen LogP contribution in [0, 0.1) is 10.1 Å². The molecule has 1 aliphatic heterocycles. The van der Waals surface area contributed by atoms with Crippen molar-refractivity contribution in [3.05, 3.63) is 81.9 Å². The average molecular weight is 471 g/mol. The smallest absolute Gasteiger partial charge is 0.408 e. The van der Waals surface area contributed by atoms with Crippen molar-refractivity contribution >= 4 is 35.1 Å². The minimum absolute atomic E-state index is 0.0201. The fourth-order valence-electron chi connectivity index (χ4n) is 3.26. The number of anilines is 1. The second-order valence-corrected chi connectivity index (χ2v) is 8.21. The highest BCUT2D eigenvalue weighted by molar-refractivity contribution is 8.02. The third-order valence-electron chi connectivity index (χ3n) is 4.97. The van der Waals surface area contributed by atoms with Gasteiger partial charge in [0, 0.05) is 18.8 Å². The van der Waals surface area contributed by atoms with Crippen molar-refractivity contribution in [2.24, 2.45) is 0 Å². The third-order valence-corrected chi connectivity index (χ3v) is 5.71. The van der Waals surface area contributed by atoms with E-state index in [1.807, 2.05) is 35.7 Å². The summed E-state index contributed by atoms with van der Waals surface area (Å²) in [7, 11) is 0. The first-order chi connectivity index (χ1) is 16.0. The summed E-state index contributed by atoms with van der Waals surface area (Å²) in [5.41, 5.74) is 1.33. The van der Waals surface area contributed by atoms with Crippen molar-refractivity contribution in [2.75, 3.05) is 17.7 Å². The molecule has 33 heavy (non-hydrogen) atoms. The number of ether oxygens (including phenoxy) is 1. The van der Waals surface area contributed by atoms with Crippen molar-refractivity contribution in [3.8, 4) is 0 Å². The normalized spacial score (nSPS) is 13.4. The third kappa shape index (κ3) is 7.53. The number of unbranched alkanes of at least 4 members (excludes halogenated alkanes) is 1. The van der Waals surface area contributed by atoms with Gasteiger partial charge >= 0.3 is 6.09 Å². The Morgan fingerprint density at radius 3 is 2.61 bits per heavy atom. The molecule has 0 saturated heterocycles. The van der Waals surface area contributed by atoms with Crippen LogP contribution >= 0.6 is 11.8 Å². The number of nitro groups is 1. The van der Waals surface area contributed by atoms with Gasteiger partial charge < -0.3 is 20.3 Å². The first-order valence-electron chi connectivity index (χ1n) is 10.6. The Balaban J connectivity index is 1.49. The molecule has 0 aromatic heterocycles. The van der Waals surface area contributed by atoms with Crippen LogP contribution in [-0.2, 0) is 16.1 Å². The molecular formula is C23H26N4O5S. The number of nitrogens with zero attached hydrogens (tertiary/aromatic N) is 2. The first kappa shape index (κ1) is 24.1. The molecule has 2 aromatic rings. The number of para-hydroxylation sites is 2. The second kappa shape index (κ2) is 12.5. The van der Waals surface area contributed by atoms with Gasteiger partial charge in [-0.25, -0.2) is 4.79 Å². The van der Waals surface area contributed by atoms with Crippen LogP contribution in [0.25, 0.3) is 0 Å². The Morgan fingerprint density at radius 1 is 1.12 bits per heavy atom. The second-order valence-electron chi connectivity index (χ2n) is 7.34. The lowest BCUT2D eigenvalue weighted by molar-refractivity contribution is -0.384. The maximum Gasteiger partial charge on any atom is 0.408 e. The topological polar surface area (TPSA) is 114 Å². The van der Waals surface area contributed by atoms with Crippen LogP contribution < -0.4 is 10.6 Å². The lowest BCUT2D eigenvalue weighted by Gasteiger charge is -2.22. The molecule has 2 amide bonds. The van der Waals surface area contributed by atoms with Crippen LogP contribution in [0.1, 0.15) is 24.8 Å². The van der Waals surface area contributed by atoms with Crippen LogP contribution in [0.4, 0.5) is 16.2 Å². The Hall–Kier alpha value is -3.53. The molecule has 10 heteroatoms. The number of carbonyl (C=O) groups is 2. The van der Waals surface area contributed by atoms with Gasteiger partial charge in [-0.1, -0.05) is 42.5 Å². The molecule has 0 bridgehead atoms. The van der Waals surface area contributed by atoms with Crippen molar-refractivity contribution in [3.63, 3.8) is 0 Å². The fourth-order valence-corrected chi connectivity index (χ4v) is 3.96. The number of hydrogen-bond acceptors (Lipinski definition) is 7. The summed E-state index contributed by atoms with van der Waals surface area (Å²) >= 11 is 1.50. The molecule has 2 N–H and O–H groups in total. The first-order valence-corrected chi connectivity index (χ1v) is 11.6. The molecule has 1 unspecified atom stereocenters. The SMILES string of the molecule is O=C(NC(CCCCNc1ccccc1[N+](=O)[O-])C(=O)N1C=CSC1)OCc1ccccc1. The number of benzene rings is 2. The van der Waals surface area contributed by atoms with Crippen LogP contribution in [-0.4, -0.2) is 40.3 Å². The number of nitrogens with one attached hydrogen (secondary N) is 2. The van der Waals surface area contributed by atoms with E-state index in [0.29, 0.717) is 37.4 Å². The molecule has 0 fully saturated rings. The Kier molecular flexibility index (Phi) is 9.13. The molecule has 1 atom stereocenters. The standard InChI is InChI=1S/C23H26N4O5S/c28-22(26-14-15-33-17-26)20(25-23(29)32-16-18-8-2-1-3-9-18)11-6-7-13-24-19-10-4-5-12-21(19)27(30)31/h1-5,8-10,12,14-15,20,24H,6-7,11,13,16-17H2,(H,25,29). The van der Waals surface area contributed by atoms with Crippen molar-refractivity contribution in [1.82, 2.24) is 10.2 Å². The largest absolute Gasteiger partial charge is 0.445 e. The van der Waals surface area contributed by atoms with E-state index in [2.05, 4.69) is 10.6 Å². The van der Waals surface area contributed by atoms with Gasteiger partial charge in [-0.2, -0.15) is 0 Å². The average Bonchev–Trinajstić information content (AvgIpc) is 3.37. The van der Waals surface area contributed by atoms with Gasteiger partial charge in [0.25, 0.3) is 5.69 Å². The van der Waals surface area contributed by atoms with Gasteiger partial charge in [0.1, 0.15) is 18.3 Å². The number of nitro benzene ring substituents is 1. The van der Waals surface area contributed by atoms with Gasteiger partial charge in [-0.15, -0.1) is 11.8 Å². The maximum absolute atomic E-state index is 12.9. The van der Waals surface area contributed by atoms with Crippen LogP contribution in [0.5, 0.6) is 0 Å². The van der Waals surface area contributed by atoms with E-state index in [4.69, 9.17) is 4.74 Å². The predicted molar refractivity (Wildman–Crippen MR) is 127 cm³/mol. The molecule has 3 rings (SSSR count). The summed E-state index contributed by atoms with van der Waals surface area (Å²) in [5.74, 6) is 0.314. The molecule has 0 aliphatic carbocycles. The van der Waals surface area contributed by atoms with Gasteiger partial charge in [0.05, 0.1) is 10.8 Å². The van der Waals surface area contributed by atoms with E-state index in [1.54, 1.807) is 29.3 Å². The Labute approximate surface area is 196 Å². The van der Waals surface area contributed by atoms with Gasteiger partial charge in [0.2, 0.25) is 5.91 Å². The molecule has 9 nitrogen and oxygen atoms in total. The van der Waals surface area contributed by atoms with E-state index in [9.17, 15) is 19.7 Å². The van der Waals surface area contributed by atoms with Crippen molar-refractivity contribution < 1.29 is 19.2 Å². The molecule has 1 aliphatic rings. The van der Waals surface area contributed by atoms with Crippen LogP contribution in [0.3, 0.4) is 0 Å². The summed E-state index contributed by atoms with van der Waals surface area (Å²) < 4.78 is 5.27. The molecule has 174 valence electrons. The highest BCUT2D eigenvalue weighted by atomic mass is 32.2. The van der Waals surface area contributed by atoms with Gasteiger partial charge in [-0.3, -0.25) is 14.9 Å². The van der Waals surface area contributed by atoms with E-state index in [0.717, 1.165) is 5.56 Å². The van der Waals surface area contributed by atoms with E-state index in [1.165, 1.54) is 17.8 Å². The molecule has 0 spiro atoms. The summed E-state index contributed by atoms with van der Waals surface area (Å²) in [4.78, 5) is 37.4. The number of carbonyl (C=O) groups excluding carboxylic acids is 2. The zero-order chi connectivity index (χ0) is 23.5. The van der Waals surface area contributed by atoms with Crippen molar-refractivity contribution in [1.29, 1.82) is 0 Å². The molecular weight excluding hydrogens is 444 g/mol. The van der Waals surface area contributed by atoms with E-state index < -0.39 is 17.1 Å². The summed E-state index contributed by atoms with van der Waals surface area (Å²) in [6, 6.07) is 15.0. The lowest BCUT2D eigenvalue weighted by Crippen LogP contribution is -2.46. The highest BCUT2D eigenvalue weighted by Gasteiger charge is 2.26. The summed E-state index contributed by atoms with van der Waals surface area (Å²) in [6.07, 6.45) is 2.78. The number of rotatable bonds is 11. The van der Waals surface area contributed by atoms with Crippen molar-refractivity contribution in [2.45, 2.75) is 31.9 Å². The summed E-state index contributed by atoms with van der Waals surface area (Å²) in [6.45, 7) is 0.622. The number of alkyl carbamates (subject to hydrolysis) is 1. The van der Waals surface area contributed by atoms with E-state index >= 15 is 0 Å². The number of thioether (sulfide) groups is 1. The zero-order valence-corrected chi connectivity index (χ0v) is 18.8. The van der Waals surface area contributed by atoms with Gasteiger partial charge in [0.15, 0.2) is 0 Å². The molecule has 0 saturated carbocycles. The minimum Gasteiger partial charge on any atom is -0.445 e.